The van der Waals surface area contributed by atoms with Crippen LogP contribution >= 0.6 is 11.3 Å². The predicted molar refractivity (Wildman–Crippen MR) is 75.0 cm³/mol. The molecular weight excluding hydrogens is 262 g/mol. The molecule has 0 saturated carbocycles. The number of nitrogens with zero attached hydrogens (tertiary/aromatic N) is 3. The number of aromatic amines is 1. The third-order valence-electron chi connectivity index (χ3n) is 2.51. The van der Waals surface area contributed by atoms with Crippen LogP contribution in [0.4, 0.5) is 5.95 Å². The maximum Gasteiger partial charge on any atom is 0.240 e. The Morgan fingerprint density at radius 3 is 3.05 bits per heavy atom. The summed E-state index contributed by atoms with van der Waals surface area (Å²) in [6.45, 7) is 4.68. The number of nitrogens with one attached hydrogen (secondary N) is 2. The van der Waals surface area contributed by atoms with Crippen molar-refractivity contribution in [3.63, 3.8) is 0 Å². The second kappa shape index (κ2) is 4.85. The molecule has 0 aliphatic rings. The highest BCUT2D eigenvalue weighted by atomic mass is 32.1. The van der Waals surface area contributed by atoms with Crippen LogP contribution in [0.1, 0.15) is 12.6 Å². The van der Waals surface area contributed by atoms with Crippen LogP contribution in [-0.4, -0.2) is 26.7 Å². The summed E-state index contributed by atoms with van der Waals surface area (Å²) in [5, 5.41) is 12.9. The van der Waals surface area contributed by atoms with Crippen LogP contribution in [0.25, 0.3) is 10.2 Å². The molecule has 3 aromatic rings. The molecule has 0 bridgehead atoms. The van der Waals surface area contributed by atoms with Crippen molar-refractivity contribution in [3.05, 3.63) is 23.2 Å². The van der Waals surface area contributed by atoms with Gasteiger partial charge in [-0.1, -0.05) is 0 Å². The van der Waals surface area contributed by atoms with E-state index in [-0.39, 0.29) is 0 Å². The predicted octanol–water partition coefficient (Wildman–Crippen LogP) is 2.95. The van der Waals surface area contributed by atoms with Gasteiger partial charge in [0.25, 0.3) is 0 Å². The Labute approximate surface area is 113 Å². The van der Waals surface area contributed by atoms with Gasteiger partial charge in [-0.05, 0) is 25.3 Å². The molecule has 7 heteroatoms. The van der Waals surface area contributed by atoms with Crippen LogP contribution < -0.4 is 10.1 Å². The molecule has 3 heterocycles. The number of thiophene rings is 1. The molecule has 0 unspecified atom stereocenters. The Hall–Kier alpha value is -2.15. The number of hydrogen-bond acceptors (Lipinski definition) is 6. The van der Waals surface area contributed by atoms with E-state index < -0.39 is 0 Å². The molecule has 0 saturated heterocycles. The van der Waals surface area contributed by atoms with Crippen molar-refractivity contribution in [2.24, 2.45) is 0 Å². The number of aromatic nitrogens is 4. The first kappa shape index (κ1) is 11.9. The Morgan fingerprint density at radius 1 is 1.42 bits per heavy atom. The molecule has 0 radical (unpaired) electrons. The number of ether oxygens (including phenoxy) is 1. The van der Waals surface area contributed by atoms with E-state index in [0.29, 0.717) is 17.7 Å². The van der Waals surface area contributed by atoms with Crippen LogP contribution in [0.3, 0.4) is 0 Å². The summed E-state index contributed by atoms with van der Waals surface area (Å²) in [4.78, 5) is 9.69. The SMILES string of the molecule is CCNc1nc(Oc2cc(C)[nH]n2)c2ccsc2n1. The van der Waals surface area contributed by atoms with Gasteiger partial charge in [0.1, 0.15) is 4.83 Å². The maximum atomic E-state index is 5.73. The van der Waals surface area contributed by atoms with Gasteiger partial charge in [-0.25, -0.2) is 4.98 Å². The molecule has 3 aromatic heterocycles. The van der Waals surface area contributed by atoms with Crippen molar-refractivity contribution in [3.8, 4) is 11.8 Å². The molecule has 0 aliphatic carbocycles. The van der Waals surface area contributed by atoms with E-state index >= 15 is 0 Å². The monoisotopic (exact) mass is 275 g/mol. The van der Waals surface area contributed by atoms with E-state index in [2.05, 4.69) is 25.5 Å². The van der Waals surface area contributed by atoms with Crippen molar-refractivity contribution < 1.29 is 4.74 Å². The van der Waals surface area contributed by atoms with Crippen molar-refractivity contribution in [2.45, 2.75) is 13.8 Å². The summed E-state index contributed by atoms with van der Waals surface area (Å²) in [6.07, 6.45) is 0. The lowest BCUT2D eigenvalue weighted by molar-refractivity contribution is 0.449. The summed E-state index contributed by atoms with van der Waals surface area (Å²) in [7, 11) is 0. The van der Waals surface area contributed by atoms with Crippen molar-refractivity contribution in [1.29, 1.82) is 0 Å². The zero-order chi connectivity index (χ0) is 13.2. The zero-order valence-electron chi connectivity index (χ0n) is 10.6. The van der Waals surface area contributed by atoms with Crippen molar-refractivity contribution in [1.82, 2.24) is 20.2 Å². The fourth-order valence-electron chi connectivity index (χ4n) is 1.69. The van der Waals surface area contributed by atoms with Gasteiger partial charge >= 0.3 is 0 Å². The first-order valence-corrected chi connectivity index (χ1v) is 6.83. The number of hydrogen-bond donors (Lipinski definition) is 2. The lowest BCUT2D eigenvalue weighted by Gasteiger charge is -2.06. The number of rotatable bonds is 4. The molecule has 6 nitrogen and oxygen atoms in total. The minimum absolute atomic E-state index is 0.506. The first-order valence-electron chi connectivity index (χ1n) is 5.95. The third-order valence-corrected chi connectivity index (χ3v) is 3.32. The van der Waals surface area contributed by atoms with E-state index in [1.165, 1.54) is 0 Å². The normalized spacial score (nSPS) is 10.8. The van der Waals surface area contributed by atoms with Crippen LogP contribution in [0.15, 0.2) is 17.5 Å². The molecular formula is C12H13N5OS. The summed E-state index contributed by atoms with van der Waals surface area (Å²) in [5.74, 6) is 1.60. The standard InChI is InChI=1S/C12H13N5OS/c1-3-13-12-14-10(8-4-5-19-11(8)15-12)18-9-6-7(2)16-17-9/h4-6H,3H2,1-2H3,(H,16,17)(H,13,14,15). The second-order valence-corrected chi connectivity index (χ2v) is 4.91. The molecule has 0 spiro atoms. The molecule has 2 N–H and O–H groups in total. The first-order chi connectivity index (χ1) is 9.26. The number of fused-ring (bicyclic) bond motifs is 1. The molecule has 0 atom stereocenters. The highest BCUT2D eigenvalue weighted by Gasteiger charge is 2.11. The molecule has 0 aromatic carbocycles. The second-order valence-electron chi connectivity index (χ2n) is 4.01. The Morgan fingerprint density at radius 2 is 2.32 bits per heavy atom. The summed E-state index contributed by atoms with van der Waals surface area (Å²) >= 11 is 1.56. The summed E-state index contributed by atoms with van der Waals surface area (Å²) < 4.78 is 5.73. The average Bonchev–Trinajstić information content (AvgIpc) is 2.99. The van der Waals surface area contributed by atoms with E-state index in [1.807, 2.05) is 31.4 Å². The van der Waals surface area contributed by atoms with Gasteiger partial charge in [-0.15, -0.1) is 16.4 Å². The number of anilines is 1. The average molecular weight is 275 g/mol. The molecule has 0 amide bonds. The fourth-order valence-corrected chi connectivity index (χ4v) is 2.44. The van der Waals surface area contributed by atoms with Gasteiger partial charge in [0.15, 0.2) is 0 Å². The van der Waals surface area contributed by atoms with Gasteiger partial charge in [-0.2, -0.15) is 4.98 Å². The third kappa shape index (κ3) is 2.37. The lowest BCUT2D eigenvalue weighted by Crippen LogP contribution is -2.02. The molecule has 98 valence electrons. The lowest BCUT2D eigenvalue weighted by atomic mass is 10.4. The van der Waals surface area contributed by atoms with E-state index in [0.717, 1.165) is 22.5 Å². The Balaban J connectivity index is 2.02. The molecule has 3 rings (SSSR count). The minimum Gasteiger partial charge on any atom is -0.418 e. The molecule has 19 heavy (non-hydrogen) atoms. The highest BCUT2D eigenvalue weighted by Crippen LogP contribution is 2.30. The minimum atomic E-state index is 0.506. The topological polar surface area (TPSA) is 75.7 Å². The summed E-state index contributed by atoms with van der Waals surface area (Å²) in [6, 6.07) is 3.78. The maximum absolute atomic E-state index is 5.73. The van der Waals surface area contributed by atoms with E-state index in [4.69, 9.17) is 4.74 Å². The molecule has 0 aliphatic heterocycles. The number of aryl methyl sites for hydroxylation is 1. The molecule has 0 fully saturated rings. The van der Waals surface area contributed by atoms with Gasteiger partial charge in [0, 0.05) is 18.3 Å². The van der Waals surface area contributed by atoms with Crippen LogP contribution in [0.5, 0.6) is 11.8 Å². The Kier molecular flexibility index (Phi) is 3.04. The van der Waals surface area contributed by atoms with E-state index in [9.17, 15) is 0 Å². The largest absolute Gasteiger partial charge is 0.418 e. The summed E-state index contributed by atoms with van der Waals surface area (Å²) in [5.41, 5.74) is 0.942. The number of H-pyrrole nitrogens is 1. The van der Waals surface area contributed by atoms with E-state index in [1.54, 1.807) is 11.3 Å². The van der Waals surface area contributed by atoms with Crippen LogP contribution in [0.2, 0.25) is 0 Å². The van der Waals surface area contributed by atoms with Gasteiger partial charge in [0.05, 0.1) is 5.39 Å². The van der Waals surface area contributed by atoms with Gasteiger partial charge < -0.3 is 10.1 Å². The fraction of sp³-hybridized carbons (Fsp3) is 0.250. The van der Waals surface area contributed by atoms with Crippen LogP contribution in [0, 0.1) is 6.92 Å². The van der Waals surface area contributed by atoms with Crippen LogP contribution in [-0.2, 0) is 0 Å². The quantitative estimate of drug-likeness (QED) is 0.765. The Bertz CT molecular complexity index is 705. The van der Waals surface area contributed by atoms with Crippen molar-refractivity contribution >= 4 is 27.5 Å². The zero-order valence-corrected chi connectivity index (χ0v) is 11.4. The smallest absolute Gasteiger partial charge is 0.240 e. The van der Waals surface area contributed by atoms with Gasteiger partial charge in [-0.3, -0.25) is 5.10 Å². The van der Waals surface area contributed by atoms with Crippen molar-refractivity contribution in [2.75, 3.05) is 11.9 Å². The highest BCUT2D eigenvalue weighted by molar-refractivity contribution is 7.16. The van der Waals surface area contributed by atoms with Gasteiger partial charge in [0.2, 0.25) is 17.7 Å².